The first kappa shape index (κ1) is 13.9. The van der Waals surface area contributed by atoms with Crippen LogP contribution < -0.4 is 9.47 Å². The third-order valence-corrected chi connectivity index (χ3v) is 3.88. The first-order valence-electron chi connectivity index (χ1n) is 7.04. The highest BCUT2D eigenvalue weighted by Crippen LogP contribution is 2.35. The fourth-order valence-electron chi connectivity index (χ4n) is 2.60. The Labute approximate surface area is 124 Å². The first-order chi connectivity index (χ1) is 10.0. The van der Waals surface area contributed by atoms with E-state index >= 15 is 0 Å². The minimum Gasteiger partial charge on any atom is -0.454 e. The van der Waals surface area contributed by atoms with Gasteiger partial charge >= 0.3 is 0 Å². The maximum absolute atomic E-state index is 5.45. The van der Waals surface area contributed by atoms with Gasteiger partial charge in [-0.15, -0.1) is 0 Å². The third-order valence-electron chi connectivity index (χ3n) is 3.88. The predicted octanol–water partition coefficient (Wildman–Crippen LogP) is 2.96. The third kappa shape index (κ3) is 2.74. The summed E-state index contributed by atoms with van der Waals surface area (Å²) in [7, 11) is 2.09. The van der Waals surface area contributed by atoms with E-state index in [1.54, 1.807) is 0 Å². The molecule has 0 amide bonds. The summed E-state index contributed by atoms with van der Waals surface area (Å²) in [5.74, 6) is 2.56. The van der Waals surface area contributed by atoms with E-state index in [9.17, 15) is 0 Å². The van der Waals surface area contributed by atoms with Crippen LogP contribution in [0.3, 0.4) is 0 Å². The minimum atomic E-state index is 0.313. The van der Waals surface area contributed by atoms with Gasteiger partial charge in [0.15, 0.2) is 11.5 Å². The van der Waals surface area contributed by atoms with Gasteiger partial charge in [0.1, 0.15) is 5.76 Å². The molecular formula is C16H20N2O3. The summed E-state index contributed by atoms with van der Waals surface area (Å²) in [6, 6.07) is 4.11. The second-order valence-electron chi connectivity index (χ2n) is 5.61. The van der Waals surface area contributed by atoms with Crippen molar-refractivity contribution in [3.8, 4) is 11.5 Å². The summed E-state index contributed by atoms with van der Waals surface area (Å²) in [4.78, 5) is 2.25. The second-order valence-corrected chi connectivity index (χ2v) is 5.61. The fraction of sp³-hybridized carbons (Fsp3) is 0.438. The molecule has 0 fully saturated rings. The zero-order valence-electron chi connectivity index (χ0n) is 12.9. The summed E-state index contributed by atoms with van der Waals surface area (Å²) in [5, 5.41) is 4.00. The number of rotatable bonds is 4. The van der Waals surface area contributed by atoms with Crippen molar-refractivity contribution in [3.05, 3.63) is 40.3 Å². The maximum Gasteiger partial charge on any atom is 0.231 e. The lowest BCUT2D eigenvalue weighted by Crippen LogP contribution is -2.18. The van der Waals surface area contributed by atoms with Crippen LogP contribution in [0.2, 0.25) is 0 Å². The zero-order valence-corrected chi connectivity index (χ0v) is 12.9. The molecule has 5 heteroatoms. The SMILES string of the molecule is Cc1cc2c(cc1CN(C)Cc1c(C)noc1C)OCO2. The molecule has 0 saturated heterocycles. The molecule has 3 rings (SSSR count). The largest absolute Gasteiger partial charge is 0.454 e. The molecule has 112 valence electrons. The predicted molar refractivity (Wildman–Crippen MR) is 78.5 cm³/mol. The molecule has 0 saturated carbocycles. The lowest BCUT2D eigenvalue weighted by molar-refractivity contribution is 0.174. The molecule has 0 spiro atoms. The van der Waals surface area contributed by atoms with E-state index in [0.717, 1.165) is 41.6 Å². The van der Waals surface area contributed by atoms with Crippen LogP contribution in [0.1, 0.15) is 28.1 Å². The highest BCUT2D eigenvalue weighted by Gasteiger charge is 2.17. The highest BCUT2D eigenvalue weighted by molar-refractivity contribution is 5.48. The molecule has 0 unspecified atom stereocenters. The molecule has 2 heterocycles. The Balaban J connectivity index is 1.75. The van der Waals surface area contributed by atoms with E-state index in [-0.39, 0.29) is 0 Å². The minimum absolute atomic E-state index is 0.313. The monoisotopic (exact) mass is 288 g/mol. The molecule has 5 nitrogen and oxygen atoms in total. The van der Waals surface area contributed by atoms with E-state index in [4.69, 9.17) is 14.0 Å². The van der Waals surface area contributed by atoms with Gasteiger partial charge in [-0.25, -0.2) is 0 Å². The van der Waals surface area contributed by atoms with Crippen molar-refractivity contribution in [2.24, 2.45) is 0 Å². The van der Waals surface area contributed by atoms with E-state index in [1.807, 2.05) is 19.9 Å². The van der Waals surface area contributed by atoms with Crippen molar-refractivity contribution in [2.45, 2.75) is 33.9 Å². The van der Waals surface area contributed by atoms with Crippen LogP contribution in [-0.2, 0) is 13.1 Å². The van der Waals surface area contributed by atoms with Crippen molar-refractivity contribution in [1.29, 1.82) is 0 Å². The Kier molecular flexibility index (Phi) is 3.59. The number of nitrogens with zero attached hydrogens (tertiary/aromatic N) is 2. The van der Waals surface area contributed by atoms with Crippen molar-refractivity contribution in [1.82, 2.24) is 10.1 Å². The number of aryl methyl sites for hydroxylation is 3. The summed E-state index contributed by atoms with van der Waals surface area (Å²) in [6.07, 6.45) is 0. The number of aromatic nitrogens is 1. The number of benzene rings is 1. The lowest BCUT2D eigenvalue weighted by Gasteiger charge is -2.18. The van der Waals surface area contributed by atoms with Crippen molar-refractivity contribution < 1.29 is 14.0 Å². The van der Waals surface area contributed by atoms with Crippen LogP contribution in [0, 0.1) is 20.8 Å². The molecule has 0 N–H and O–H groups in total. The van der Waals surface area contributed by atoms with E-state index in [1.165, 1.54) is 11.1 Å². The Hall–Kier alpha value is -2.01. The van der Waals surface area contributed by atoms with Gasteiger partial charge < -0.3 is 14.0 Å². The van der Waals surface area contributed by atoms with Gasteiger partial charge in [-0.1, -0.05) is 5.16 Å². The molecule has 0 bridgehead atoms. The van der Waals surface area contributed by atoms with Crippen LogP contribution in [0.25, 0.3) is 0 Å². The molecule has 0 radical (unpaired) electrons. The van der Waals surface area contributed by atoms with Gasteiger partial charge in [-0.2, -0.15) is 0 Å². The van der Waals surface area contributed by atoms with Gasteiger partial charge in [-0.05, 0) is 51.1 Å². The van der Waals surface area contributed by atoms with Gasteiger partial charge in [0.05, 0.1) is 5.69 Å². The summed E-state index contributed by atoms with van der Waals surface area (Å²) < 4.78 is 16.1. The van der Waals surface area contributed by atoms with E-state index in [2.05, 4.69) is 30.1 Å². The molecule has 0 atom stereocenters. The molecule has 1 aliphatic rings. The van der Waals surface area contributed by atoms with Crippen LogP contribution in [0.5, 0.6) is 11.5 Å². The van der Waals surface area contributed by atoms with Crippen molar-refractivity contribution in [3.63, 3.8) is 0 Å². The lowest BCUT2D eigenvalue weighted by atomic mass is 10.1. The van der Waals surface area contributed by atoms with Crippen LogP contribution in [0.4, 0.5) is 0 Å². The molecule has 0 aliphatic carbocycles. The first-order valence-corrected chi connectivity index (χ1v) is 7.04. The smallest absolute Gasteiger partial charge is 0.231 e. The average molecular weight is 288 g/mol. The van der Waals surface area contributed by atoms with Crippen molar-refractivity contribution >= 4 is 0 Å². The van der Waals surface area contributed by atoms with Gasteiger partial charge in [-0.3, -0.25) is 4.90 Å². The summed E-state index contributed by atoms with van der Waals surface area (Å²) in [5.41, 5.74) is 4.58. The quantitative estimate of drug-likeness (QED) is 0.865. The highest BCUT2D eigenvalue weighted by atomic mass is 16.7. The number of fused-ring (bicyclic) bond motifs is 1. The molecule has 1 aromatic heterocycles. The van der Waals surface area contributed by atoms with Crippen LogP contribution >= 0.6 is 0 Å². The summed E-state index contributed by atoms with van der Waals surface area (Å²) >= 11 is 0. The van der Waals surface area contributed by atoms with Gasteiger partial charge in [0.2, 0.25) is 6.79 Å². The van der Waals surface area contributed by atoms with Crippen LogP contribution in [-0.4, -0.2) is 23.9 Å². The van der Waals surface area contributed by atoms with Crippen LogP contribution in [0.15, 0.2) is 16.7 Å². The topological polar surface area (TPSA) is 47.7 Å². The second kappa shape index (κ2) is 5.41. The molecule has 21 heavy (non-hydrogen) atoms. The zero-order chi connectivity index (χ0) is 15.0. The van der Waals surface area contributed by atoms with Gasteiger partial charge in [0, 0.05) is 18.7 Å². The normalized spacial score (nSPS) is 13.2. The van der Waals surface area contributed by atoms with Crippen molar-refractivity contribution in [2.75, 3.05) is 13.8 Å². The Bertz CT molecular complexity index is 644. The number of ether oxygens (including phenoxy) is 2. The number of hydrogen-bond donors (Lipinski definition) is 0. The number of hydrogen-bond acceptors (Lipinski definition) is 5. The molecular weight excluding hydrogens is 268 g/mol. The Morgan fingerprint density at radius 2 is 1.81 bits per heavy atom. The standard InChI is InChI=1S/C16H20N2O3/c1-10-5-15-16(20-9-19-15)6-13(10)7-18(4)8-14-11(2)17-21-12(14)3/h5-6H,7-9H2,1-4H3. The van der Waals surface area contributed by atoms with E-state index < -0.39 is 0 Å². The molecule has 1 aliphatic heterocycles. The fourth-order valence-corrected chi connectivity index (χ4v) is 2.60. The Morgan fingerprint density at radius 1 is 1.10 bits per heavy atom. The van der Waals surface area contributed by atoms with E-state index in [0.29, 0.717) is 6.79 Å². The molecule has 1 aromatic carbocycles. The maximum atomic E-state index is 5.45. The summed E-state index contributed by atoms with van der Waals surface area (Å²) in [6.45, 7) is 8.00. The Morgan fingerprint density at radius 3 is 2.48 bits per heavy atom. The van der Waals surface area contributed by atoms with Gasteiger partial charge in [0.25, 0.3) is 0 Å². The molecule has 2 aromatic rings. The average Bonchev–Trinajstić information content (AvgIpc) is 3.00.